The molecule has 5 heteroatoms. The molecule has 1 heterocycles. The molecule has 1 N–H and O–H groups in total. The molecule has 24 heavy (non-hydrogen) atoms. The second kappa shape index (κ2) is 7.27. The highest BCUT2D eigenvalue weighted by Crippen LogP contribution is 2.22. The van der Waals surface area contributed by atoms with E-state index < -0.39 is 0 Å². The van der Waals surface area contributed by atoms with Gasteiger partial charge in [0.25, 0.3) is 0 Å². The lowest BCUT2D eigenvalue weighted by Gasteiger charge is -2.25. The number of aromatic nitrogens is 2. The summed E-state index contributed by atoms with van der Waals surface area (Å²) in [6.45, 7) is 0.742. The molecule has 0 unspecified atom stereocenters. The predicted molar refractivity (Wildman–Crippen MR) is 97.4 cm³/mol. The number of ether oxygens (including phenoxy) is 1. The largest absolute Gasteiger partial charge is 0.497 e. The average molecular weight is 322 g/mol. The van der Waals surface area contributed by atoms with E-state index in [9.17, 15) is 0 Å². The summed E-state index contributed by atoms with van der Waals surface area (Å²) in [6, 6.07) is 16.3. The van der Waals surface area contributed by atoms with Gasteiger partial charge in [-0.3, -0.25) is 4.98 Å². The Balaban J connectivity index is 1.75. The van der Waals surface area contributed by atoms with Crippen LogP contribution < -0.4 is 10.1 Å². The number of methoxy groups -OCH3 is 1. The second-order valence-electron chi connectivity index (χ2n) is 5.88. The molecule has 0 saturated carbocycles. The molecule has 5 nitrogen and oxygen atoms in total. The van der Waals surface area contributed by atoms with Crippen LogP contribution in [0.25, 0.3) is 11.0 Å². The van der Waals surface area contributed by atoms with E-state index in [0.29, 0.717) is 0 Å². The zero-order valence-corrected chi connectivity index (χ0v) is 14.2. The number of para-hydroxylation sites is 2. The quantitative estimate of drug-likeness (QED) is 0.754. The normalized spacial score (nSPS) is 12.3. The van der Waals surface area contributed by atoms with Crippen molar-refractivity contribution in [2.75, 3.05) is 33.1 Å². The molecule has 0 amide bonds. The van der Waals surface area contributed by atoms with Gasteiger partial charge in [0.05, 0.1) is 30.4 Å². The Kier molecular flexibility index (Phi) is 4.91. The topological polar surface area (TPSA) is 50.3 Å². The van der Waals surface area contributed by atoms with Crippen molar-refractivity contribution in [3.05, 3.63) is 60.3 Å². The minimum Gasteiger partial charge on any atom is -0.497 e. The highest BCUT2D eigenvalue weighted by atomic mass is 16.5. The van der Waals surface area contributed by atoms with Gasteiger partial charge in [-0.1, -0.05) is 24.3 Å². The fourth-order valence-electron chi connectivity index (χ4n) is 2.67. The molecule has 0 fully saturated rings. The molecule has 0 bridgehead atoms. The Morgan fingerprint density at radius 2 is 1.75 bits per heavy atom. The Bertz CT molecular complexity index is 802. The predicted octanol–water partition coefficient (Wildman–Crippen LogP) is 3.35. The number of benzene rings is 2. The number of rotatable bonds is 6. The number of nitrogens with one attached hydrogen (secondary N) is 1. The van der Waals surface area contributed by atoms with Crippen LogP contribution in [0.4, 0.5) is 5.82 Å². The van der Waals surface area contributed by atoms with Crippen molar-refractivity contribution >= 4 is 16.9 Å². The molecule has 0 spiro atoms. The van der Waals surface area contributed by atoms with E-state index >= 15 is 0 Å². The van der Waals surface area contributed by atoms with Gasteiger partial charge in [0.2, 0.25) is 0 Å². The molecule has 3 rings (SSSR count). The van der Waals surface area contributed by atoms with Gasteiger partial charge in [0.15, 0.2) is 0 Å². The van der Waals surface area contributed by atoms with E-state index in [2.05, 4.69) is 46.4 Å². The van der Waals surface area contributed by atoms with Crippen molar-refractivity contribution in [1.29, 1.82) is 0 Å². The fraction of sp³-hybridized carbons (Fsp3) is 0.263. The summed E-state index contributed by atoms with van der Waals surface area (Å²) >= 11 is 0. The van der Waals surface area contributed by atoms with Crippen molar-refractivity contribution in [2.24, 2.45) is 0 Å². The van der Waals surface area contributed by atoms with Gasteiger partial charge in [-0.2, -0.15) is 0 Å². The molecular weight excluding hydrogens is 300 g/mol. The Labute approximate surface area is 142 Å². The SMILES string of the molecule is COc1ccc([C@H](CNc2cnc3ccccc3n2)N(C)C)cc1. The van der Waals surface area contributed by atoms with Crippen LogP contribution in [0.5, 0.6) is 5.75 Å². The molecule has 0 aliphatic rings. The van der Waals surface area contributed by atoms with Crippen molar-refractivity contribution in [3.63, 3.8) is 0 Å². The molecule has 2 aromatic carbocycles. The number of likely N-dealkylation sites (N-methyl/N-ethyl adjacent to an activating group) is 1. The first-order valence-electron chi connectivity index (χ1n) is 7.93. The molecule has 3 aromatic rings. The van der Waals surface area contributed by atoms with Crippen LogP contribution in [0.3, 0.4) is 0 Å². The van der Waals surface area contributed by atoms with E-state index in [4.69, 9.17) is 4.74 Å². The van der Waals surface area contributed by atoms with E-state index in [-0.39, 0.29) is 6.04 Å². The highest BCUT2D eigenvalue weighted by Gasteiger charge is 2.14. The summed E-state index contributed by atoms with van der Waals surface area (Å²) in [7, 11) is 5.82. The molecule has 0 radical (unpaired) electrons. The molecule has 0 aliphatic heterocycles. The van der Waals surface area contributed by atoms with E-state index in [1.807, 2.05) is 36.4 Å². The van der Waals surface area contributed by atoms with Gasteiger partial charge in [0, 0.05) is 6.54 Å². The standard InChI is InChI=1S/C19H22N4O/c1-23(2)18(14-8-10-15(24-3)11-9-14)12-21-19-13-20-16-6-4-5-7-17(16)22-19/h4-11,13,18H,12H2,1-3H3,(H,21,22)/t18-/m0/s1. The molecule has 1 aromatic heterocycles. The zero-order valence-electron chi connectivity index (χ0n) is 14.2. The van der Waals surface area contributed by atoms with Crippen LogP contribution >= 0.6 is 0 Å². The lowest BCUT2D eigenvalue weighted by molar-refractivity contribution is 0.311. The molecule has 0 saturated heterocycles. The third-order valence-corrected chi connectivity index (χ3v) is 4.05. The smallest absolute Gasteiger partial charge is 0.145 e. The van der Waals surface area contributed by atoms with Crippen LogP contribution in [-0.2, 0) is 0 Å². The summed E-state index contributed by atoms with van der Waals surface area (Å²) in [5.41, 5.74) is 3.03. The number of hydrogen-bond acceptors (Lipinski definition) is 5. The zero-order chi connectivity index (χ0) is 16.9. The maximum atomic E-state index is 5.23. The Morgan fingerprint density at radius 3 is 2.42 bits per heavy atom. The van der Waals surface area contributed by atoms with Gasteiger partial charge >= 0.3 is 0 Å². The summed E-state index contributed by atoms with van der Waals surface area (Å²) in [5.74, 6) is 1.65. The Hall–Kier alpha value is -2.66. The minimum absolute atomic E-state index is 0.226. The summed E-state index contributed by atoms with van der Waals surface area (Å²) < 4.78 is 5.23. The van der Waals surface area contributed by atoms with E-state index in [1.54, 1.807) is 13.3 Å². The van der Waals surface area contributed by atoms with Crippen LogP contribution in [0.15, 0.2) is 54.7 Å². The van der Waals surface area contributed by atoms with Gasteiger partial charge in [-0.25, -0.2) is 4.98 Å². The number of fused-ring (bicyclic) bond motifs is 1. The average Bonchev–Trinajstić information content (AvgIpc) is 2.62. The lowest BCUT2D eigenvalue weighted by atomic mass is 10.1. The highest BCUT2D eigenvalue weighted by molar-refractivity contribution is 5.75. The van der Waals surface area contributed by atoms with Gasteiger partial charge in [-0.05, 0) is 43.9 Å². The minimum atomic E-state index is 0.226. The number of anilines is 1. The molecule has 0 aliphatic carbocycles. The van der Waals surface area contributed by atoms with Gasteiger partial charge in [-0.15, -0.1) is 0 Å². The van der Waals surface area contributed by atoms with Crippen LogP contribution in [0.2, 0.25) is 0 Å². The summed E-state index contributed by atoms with van der Waals surface area (Å²) in [5, 5.41) is 3.40. The maximum Gasteiger partial charge on any atom is 0.145 e. The van der Waals surface area contributed by atoms with Crippen molar-refractivity contribution in [2.45, 2.75) is 6.04 Å². The summed E-state index contributed by atoms with van der Waals surface area (Å²) in [4.78, 5) is 11.2. The third-order valence-electron chi connectivity index (χ3n) is 4.05. The Morgan fingerprint density at radius 1 is 1.04 bits per heavy atom. The van der Waals surface area contributed by atoms with E-state index in [1.165, 1.54) is 5.56 Å². The molecular formula is C19H22N4O. The molecule has 124 valence electrons. The van der Waals surface area contributed by atoms with Crippen molar-refractivity contribution in [3.8, 4) is 5.75 Å². The first-order chi connectivity index (χ1) is 11.7. The van der Waals surface area contributed by atoms with Crippen molar-refractivity contribution < 1.29 is 4.74 Å². The lowest BCUT2D eigenvalue weighted by Crippen LogP contribution is -2.27. The molecule has 1 atom stereocenters. The van der Waals surface area contributed by atoms with Crippen molar-refractivity contribution in [1.82, 2.24) is 14.9 Å². The first kappa shape index (κ1) is 16.2. The third kappa shape index (κ3) is 3.63. The first-order valence-corrected chi connectivity index (χ1v) is 7.93. The van der Waals surface area contributed by atoms with Crippen LogP contribution in [0.1, 0.15) is 11.6 Å². The monoisotopic (exact) mass is 322 g/mol. The fourth-order valence-corrected chi connectivity index (χ4v) is 2.67. The second-order valence-corrected chi connectivity index (χ2v) is 5.88. The van der Waals surface area contributed by atoms with Gasteiger partial charge < -0.3 is 15.0 Å². The number of hydrogen-bond donors (Lipinski definition) is 1. The maximum absolute atomic E-state index is 5.23. The van der Waals surface area contributed by atoms with E-state index in [0.717, 1.165) is 29.1 Å². The summed E-state index contributed by atoms with van der Waals surface area (Å²) in [6.07, 6.45) is 1.78. The van der Waals surface area contributed by atoms with Crippen LogP contribution in [-0.4, -0.2) is 42.6 Å². The number of nitrogens with zero attached hydrogens (tertiary/aromatic N) is 3. The van der Waals surface area contributed by atoms with Gasteiger partial charge in [0.1, 0.15) is 11.6 Å². The van der Waals surface area contributed by atoms with Crippen LogP contribution in [0, 0.1) is 0 Å².